The average molecular weight is 464 g/mol. The minimum absolute atomic E-state index is 0.0529. The second-order valence-corrected chi connectivity index (χ2v) is 8.67. The van der Waals surface area contributed by atoms with Crippen LogP contribution in [0.3, 0.4) is 0 Å². The lowest BCUT2D eigenvalue weighted by atomic mass is 10.2. The molecule has 10 nitrogen and oxygen atoms in total. The molecule has 2 aromatic rings. The van der Waals surface area contributed by atoms with Crippen LogP contribution in [-0.4, -0.2) is 71.7 Å². The van der Waals surface area contributed by atoms with Gasteiger partial charge in [-0.05, 0) is 30.3 Å². The molecule has 1 N–H and O–H groups in total. The molecule has 0 spiro atoms. The van der Waals surface area contributed by atoms with Crippen molar-refractivity contribution >= 4 is 27.6 Å². The van der Waals surface area contributed by atoms with E-state index < -0.39 is 28.5 Å². The maximum Gasteiger partial charge on any atom is 0.342 e. The molecule has 0 saturated carbocycles. The monoisotopic (exact) mass is 464 g/mol. The topological polar surface area (TPSA) is 120 Å². The summed E-state index contributed by atoms with van der Waals surface area (Å²) in [4.78, 5) is 24.6. The van der Waals surface area contributed by atoms with Crippen molar-refractivity contribution in [2.45, 2.75) is 4.90 Å². The van der Waals surface area contributed by atoms with Crippen LogP contribution in [0.4, 0.5) is 5.69 Å². The number of esters is 1. The number of nitrogens with zero attached hydrogens (tertiary/aromatic N) is 1. The molecule has 172 valence electrons. The smallest absolute Gasteiger partial charge is 0.342 e. The van der Waals surface area contributed by atoms with Gasteiger partial charge in [0.1, 0.15) is 17.1 Å². The lowest BCUT2D eigenvalue weighted by Crippen LogP contribution is -2.40. The molecule has 1 heterocycles. The Morgan fingerprint density at radius 2 is 1.81 bits per heavy atom. The fraction of sp³-hybridized carbons (Fsp3) is 0.333. The number of nitrogens with one attached hydrogen (secondary N) is 1. The van der Waals surface area contributed by atoms with Crippen molar-refractivity contribution in [1.82, 2.24) is 4.31 Å². The Kier molecular flexibility index (Phi) is 7.67. The number of amides is 1. The summed E-state index contributed by atoms with van der Waals surface area (Å²) in [5.41, 5.74) is 0.405. The van der Waals surface area contributed by atoms with E-state index in [1.165, 1.54) is 48.9 Å². The zero-order valence-electron chi connectivity index (χ0n) is 17.7. The third kappa shape index (κ3) is 5.55. The van der Waals surface area contributed by atoms with Crippen LogP contribution in [-0.2, 0) is 24.3 Å². The number of anilines is 1. The number of methoxy groups -OCH3 is 2. The largest absolute Gasteiger partial charge is 0.497 e. The van der Waals surface area contributed by atoms with Gasteiger partial charge in [-0.15, -0.1) is 0 Å². The number of morpholine rings is 1. The zero-order chi connectivity index (χ0) is 23.1. The molecule has 32 heavy (non-hydrogen) atoms. The number of ether oxygens (including phenoxy) is 4. The van der Waals surface area contributed by atoms with Crippen molar-refractivity contribution in [2.24, 2.45) is 0 Å². The highest BCUT2D eigenvalue weighted by atomic mass is 32.2. The molecule has 0 aliphatic carbocycles. The number of carbonyl (C=O) groups is 2. The maximum absolute atomic E-state index is 12.8. The first-order valence-electron chi connectivity index (χ1n) is 9.72. The Bertz CT molecular complexity index is 1080. The van der Waals surface area contributed by atoms with Gasteiger partial charge in [-0.25, -0.2) is 13.2 Å². The second kappa shape index (κ2) is 10.4. The Balaban J connectivity index is 1.62. The molecule has 1 aliphatic heterocycles. The first-order valence-corrected chi connectivity index (χ1v) is 11.2. The summed E-state index contributed by atoms with van der Waals surface area (Å²) in [5.74, 6) is -0.617. The van der Waals surface area contributed by atoms with Crippen molar-refractivity contribution < 1.29 is 37.0 Å². The van der Waals surface area contributed by atoms with Gasteiger partial charge in [0.25, 0.3) is 5.91 Å². The molecule has 0 bridgehead atoms. The van der Waals surface area contributed by atoms with Gasteiger partial charge in [0.05, 0.1) is 32.3 Å². The molecule has 1 fully saturated rings. The minimum atomic E-state index is -3.70. The maximum atomic E-state index is 12.8. The Morgan fingerprint density at radius 3 is 2.50 bits per heavy atom. The molecular weight excluding hydrogens is 440 g/mol. The normalized spacial score (nSPS) is 14.4. The molecule has 1 aliphatic rings. The van der Waals surface area contributed by atoms with E-state index in [0.717, 1.165) is 0 Å². The summed E-state index contributed by atoms with van der Waals surface area (Å²) in [6.45, 7) is 0.641. The highest BCUT2D eigenvalue weighted by Crippen LogP contribution is 2.25. The molecule has 0 aromatic heterocycles. The first-order chi connectivity index (χ1) is 15.3. The van der Waals surface area contributed by atoms with E-state index in [-0.39, 0.29) is 35.0 Å². The van der Waals surface area contributed by atoms with Crippen molar-refractivity contribution in [1.29, 1.82) is 0 Å². The van der Waals surface area contributed by atoms with Crippen LogP contribution in [0.25, 0.3) is 0 Å². The Hall–Kier alpha value is -3.15. The van der Waals surface area contributed by atoms with Crippen molar-refractivity contribution in [3.63, 3.8) is 0 Å². The summed E-state index contributed by atoms with van der Waals surface area (Å²) >= 11 is 0. The van der Waals surface area contributed by atoms with Gasteiger partial charge in [0.15, 0.2) is 6.61 Å². The van der Waals surface area contributed by atoms with E-state index in [0.29, 0.717) is 19.0 Å². The van der Waals surface area contributed by atoms with Crippen LogP contribution >= 0.6 is 0 Å². The lowest BCUT2D eigenvalue weighted by Gasteiger charge is -2.26. The zero-order valence-corrected chi connectivity index (χ0v) is 18.5. The van der Waals surface area contributed by atoms with Crippen molar-refractivity contribution in [3.8, 4) is 11.5 Å². The number of hydrogen-bond donors (Lipinski definition) is 1. The molecule has 3 rings (SSSR count). The second-order valence-electron chi connectivity index (χ2n) is 6.73. The third-order valence-corrected chi connectivity index (χ3v) is 6.58. The highest BCUT2D eigenvalue weighted by Gasteiger charge is 2.26. The van der Waals surface area contributed by atoms with E-state index >= 15 is 0 Å². The van der Waals surface area contributed by atoms with Gasteiger partial charge >= 0.3 is 5.97 Å². The lowest BCUT2D eigenvalue weighted by molar-refractivity contribution is -0.119. The molecule has 0 radical (unpaired) electrons. The van der Waals surface area contributed by atoms with Crippen LogP contribution in [0.2, 0.25) is 0 Å². The van der Waals surface area contributed by atoms with Gasteiger partial charge in [0.2, 0.25) is 10.0 Å². The first kappa shape index (κ1) is 23.5. The molecule has 1 amide bonds. The summed E-state index contributed by atoms with van der Waals surface area (Å²) in [6.07, 6.45) is 0. The van der Waals surface area contributed by atoms with Crippen LogP contribution in [0.15, 0.2) is 47.4 Å². The Labute approximate surface area is 186 Å². The molecule has 11 heteroatoms. The number of hydrogen-bond acceptors (Lipinski definition) is 8. The van der Waals surface area contributed by atoms with Crippen LogP contribution in [0, 0.1) is 0 Å². The predicted octanol–water partition coefficient (Wildman–Crippen LogP) is 1.52. The number of sulfonamides is 1. The number of carbonyl (C=O) groups excluding carboxylic acids is 2. The standard InChI is InChI=1S/C21H24N2O8S/c1-28-16-6-7-18(19(13-16)29-2)21(25)31-14-20(24)22-15-4-3-5-17(12-15)32(26,27)23-8-10-30-11-9-23/h3-7,12-13H,8-11,14H2,1-2H3,(H,22,24). The quantitative estimate of drug-likeness (QED) is 0.584. The SMILES string of the molecule is COc1ccc(C(=O)OCC(=O)Nc2cccc(S(=O)(=O)N3CCOCC3)c2)c(OC)c1. The van der Waals surface area contributed by atoms with Gasteiger partial charge in [-0.1, -0.05) is 6.07 Å². The average Bonchev–Trinajstić information content (AvgIpc) is 2.82. The molecule has 0 atom stereocenters. The summed E-state index contributed by atoms with van der Waals surface area (Å²) in [6, 6.07) is 10.4. The molecule has 1 saturated heterocycles. The Morgan fingerprint density at radius 1 is 1.06 bits per heavy atom. The third-order valence-electron chi connectivity index (χ3n) is 4.69. The molecule has 2 aromatic carbocycles. The van der Waals surface area contributed by atoms with Gasteiger partial charge in [0, 0.05) is 24.8 Å². The van der Waals surface area contributed by atoms with E-state index in [1.807, 2.05) is 0 Å². The minimum Gasteiger partial charge on any atom is -0.497 e. The van der Waals surface area contributed by atoms with E-state index in [1.54, 1.807) is 12.1 Å². The number of benzene rings is 2. The van der Waals surface area contributed by atoms with Gasteiger partial charge < -0.3 is 24.3 Å². The molecule has 0 unspecified atom stereocenters. The molecular formula is C21H24N2O8S. The summed E-state index contributed by atoms with van der Waals surface area (Å²) in [5, 5.41) is 2.54. The van der Waals surface area contributed by atoms with Crippen LogP contribution in [0.5, 0.6) is 11.5 Å². The van der Waals surface area contributed by atoms with Crippen molar-refractivity contribution in [3.05, 3.63) is 48.0 Å². The van der Waals surface area contributed by atoms with Gasteiger partial charge in [-0.2, -0.15) is 4.31 Å². The van der Waals surface area contributed by atoms with Crippen LogP contribution in [0.1, 0.15) is 10.4 Å². The van der Waals surface area contributed by atoms with Gasteiger partial charge in [-0.3, -0.25) is 4.79 Å². The predicted molar refractivity (Wildman–Crippen MR) is 114 cm³/mol. The van der Waals surface area contributed by atoms with Crippen LogP contribution < -0.4 is 14.8 Å². The summed E-state index contributed by atoms with van der Waals surface area (Å²) in [7, 11) is -0.820. The number of rotatable bonds is 8. The highest BCUT2D eigenvalue weighted by molar-refractivity contribution is 7.89. The fourth-order valence-corrected chi connectivity index (χ4v) is 4.50. The van der Waals surface area contributed by atoms with E-state index in [4.69, 9.17) is 18.9 Å². The van der Waals surface area contributed by atoms with E-state index in [9.17, 15) is 18.0 Å². The van der Waals surface area contributed by atoms with E-state index in [2.05, 4.69) is 5.32 Å². The van der Waals surface area contributed by atoms with Crippen molar-refractivity contribution in [2.75, 3.05) is 52.4 Å². The fourth-order valence-electron chi connectivity index (χ4n) is 3.04. The summed E-state index contributed by atoms with van der Waals surface area (Å²) < 4.78 is 47.4.